The largest absolute Gasteiger partial charge is 0.481 e. The minimum absolute atomic E-state index is 0.195. The molecule has 1 atom stereocenters. The summed E-state index contributed by atoms with van der Waals surface area (Å²) in [6, 6.07) is 0. The zero-order valence-corrected chi connectivity index (χ0v) is 11.7. The molecule has 100 valence electrons. The summed E-state index contributed by atoms with van der Waals surface area (Å²) < 4.78 is 4.61. The lowest BCUT2D eigenvalue weighted by Gasteiger charge is -2.11. The van der Waals surface area contributed by atoms with Crippen LogP contribution in [-0.4, -0.2) is 32.6 Å². The van der Waals surface area contributed by atoms with Gasteiger partial charge in [0.05, 0.1) is 12.1 Å². The van der Waals surface area contributed by atoms with Gasteiger partial charge in [0.25, 0.3) is 0 Å². The van der Waals surface area contributed by atoms with Crippen LogP contribution in [0.1, 0.15) is 5.69 Å². The molecule has 0 radical (unpaired) electrons. The molecule has 0 saturated heterocycles. The molecule has 6 nitrogen and oxygen atoms in total. The summed E-state index contributed by atoms with van der Waals surface area (Å²) in [5.41, 5.74) is -0.857. The molecule has 0 aliphatic rings. The van der Waals surface area contributed by atoms with Gasteiger partial charge in [-0.25, -0.2) is 9.78 Å². The molecule has 1 aromatic heterocycles. The van der Waals surface area contributed by atoms with Crippen LogP contribution in [0.5, 0.6) is 0 Å². The molecule has 18 heavy (non-hydrogen) atoms. The van der Waals surface area contributed by atoms with E-state index in [0.29, 0.717) is 5.69 Å². The first kappa shape index (κ1) is 15.3. The molecule has 2 N–H and O–H groups in total. The summed E-state index contributed by atoms with van der Waals surface area (Å²) in [5.74, 6) is -1.01. The number of carbonyl (C=O) groups excluding carboxylic acids is 1. The first-order chi connectivity index (χ1) is 8.38. The number of halogens is 3. The Bertz CT molecular complexity index is 440. The van der Waals surface area contributed by atoms with Crippen LogP contribution >= 0.6 is 46.1 Å². The number of amides is 1. The summed E-state index contributed by atoms with van der Waals surface area (Å²) >= 11 is 17.3. The number of nitrogens with one attached hydrogen (secondary N) is 1. The van der Waals surface area contributed by atoms with E-state index < -0.39 is 22.5 Å². The highest BCUT2D eigenvalue weighted by Crippen LogP contribution is 2.19. The Morgan fingerprint density at radius 1 is 1.50 bits per heavy atom. The second kappa shape index (κ2) is 6.98. The smallest absolute Gasteiger partial charge is 0.415 e. The van der Waals surface area contributed by atoms with Crippen molar-refractivity contribution in [1.82, 2.24) is 4.98 Å². The van der Waals surface area contributed by atoms with Gasteiger partial charge in [-0.05, 0) is 0 Å². The van der Waals surface area contributed by atoms with Crippen molar-refractivity contribution in [1.29, 1.82) is 0 Å². The first-order valence-electron chi connectivity index (χ1n) is 4.44. The van der Waals surface area contributed by atoms with E-state index in [1.54, 1.807) is 0 Å². The van der Waals surface area contributed by atoms with Crippen molar-refractivity contribution in [2.75, 3.05) is 5.32 Å². The number of aliphatic carboxylic acids is 1. The molecular weight excluding hydrogens is 327 g/mol. The van der Waals surface area contributed by atoms with Crippen LogP contribution in [-0.2, 0) is 16.0 Å². The van der Waals surface area contributed by atoms with Crippen molar-refractivity contribution < 1.29 is 19.4 Å². The highest BCUT2D eigenvalue weighted by atomic mass is 35.5. The number of thiazole rings is 1. The van der Waals surface area contributed by atoms with Gasteiger partial charge in [-0.2, -0.15) is 0 Å². The summed E-state index contributed by atoms with van der Waals surface area (Å²) in [6.07, 6.45) is -1.10. The quantitative estimate of drug-likeness (QED) is 0.809. The van der Waals surface area contributed by atoms with Gasteiger partial charge in [0.1, 0.15) is 0 Å². The number of hydrogen-bond donors (Lipinski definition) is 2. The van der Waals surface area contributed by atoms with E-state index in [0.717, 1.165) is 11.3 Å². The fourth-order valence-electron chi connectivity index (χ4n) is 0.871. The van der Waals surface area contributed by atoms with Crippen LogP contribution < -0.4 is 5.32 Å². The number of hydrogen-bond acceptors (Lipinski definition) is 5. The van der Waals surface area contributed by atoms with Gasteiger partial charge in [0.2, 0.25) is 5.56 Å². The van der Waals surface area contributed by atoms with E-state index >= 15 is 0 Å². The minimum Gasteiger partial charge on any atom is -0.481 e. The fraction of sp³-hybridized carbons (Fsp3) is 0.375. The maximum Gasteiger partial charge on any atom is 0.415 e. The second-order valence-corrected chi connectivity index (χ2v) is 5.38. The van der Waals surface area contributed by atoms with Gasteiger partial charge in [0, 0.05) is 5.38 Å². The number of carbonyl (C=O) groups is 2. The maximum atomic E-state index is 11.3. The highest BCUT2D eigenvalue weighted by Gasteiger charge is 2.19. The third-order valence-corrected chi connectivity index (χ3v) is 3.37. The minimum atomic E-state index is -1.19. The molecule has 1 rings (SSSR count). The number of aromatic nitrogens is 1. The van der Waals surface area contributed by atoms with E-state index in [1.165, 1.54) is 5.38 Å². The van der Waals surface area contributed by atoms with Gasteiger partial charge in [-0.3, -0.25) is 10.1 Å². The average Bonchev–Trinajstić information content (AvgIpc) is 2.63. The monoisotopic (exact) mass is 332 g/mol. The van der Waals surface area contributed by atoms with Crippen molar-refractivity contribution in [3.8, 4) is 0 Å². The van der Waals surface area contributed by atoms with Gasteiger partial charge < -0.3 is 9.84 Å². The molecule has 1 aromatic rings. The SMILES string of the molecule is O=C(O)Cc1csc(NC(=O)OC(Cl)C(Cl)Cl)n1. The second-order valence-electron chi connectivity index (χ2n) is 2.93. The topological polar surface area (TPSA) is 88.5 Å². The first-order valence-corrected chi connectivity index (χ1v) is 6.63. The van der Waals surface area contributed by atoms with E-state index in [1.807, 2.05) is 0 Å². The predicted molar refractivity (Wildman–Crippen MR) is 68.7 cm³/mol. The fourth-order valence-corrected chi connectivity index (χ4v) is 1.75. The average molecular weight is 334 g/mol. The van der Waals surface area contributed by atoms with Gasteiger partial charge >= 0.3 is 12.1 Å². The lowest BCUT2D eigenvalue weighted by atomic mass is 10.3. The zero-order valence-electron chi connectivity index (χ0n) is 8.60. The van der Waals surface area contributed by atoms with Gasteiger partial charge in [-0.1, -0.05) is 34.8 Å². The third kappa shape index (κ3) is 5.26. The normalized spacial score (nSPS) is 12.2. The van der Waals surface area contributed by atoms with Gasteiger partial charge in [0.15, 0.2) is 9.97 Å². The lowest BCUT2D eigenvalue weighted by Crippen LogP contribution is -2.22. The van der Waals surface area contributed by atoms with E-state index in [9.17, 15) is 9.59 Å². The number of carboxylic acid groups (broad SMARTS) is 1. The summed E-state index contributed by atoms with van der Waals surface area (Å²) in [7, 11) is 0. The van der Waals surface area contributed by atoms with Crippen LogP contribution in [0, 0.1) is 0 Å². The van der Waals surface area contributed by atoms with Crippen LogP contribution in [0.3, 0.4) is 0 Å². The van der Waals surface area contributed by atoms with E-state index in [4.69, 9.17) is 39.9 Å². The molecule has 1 unspecified atom stereocenters. The van der Waals surface area contributed by atoms with Crippen molar-refractivity contribution in [3.63, 3.8) is 0 Å². The summed E-state index contributed by atoms with van der Waals surface area (Å²) in [4.78, 5) is 24.5. The maximum absolute atomic E-state index is 11.3. The molecule has 1 heterocycles. The summed E-state index contributed by atoms with van der Waals surface area (Å²) in [5, 5.41) is 12.5. The number of carboxylic acids is 1. The Kier molecular flexibility index (Phi) is 5.94. The predicted octanol–water partition coefficient (Wildman–Crippen LogP) is 2.69. The van der Waals surface area contributed by atoms with E-state index in [2.05, 4.69) is 15.0 Å². The number of rotatable bonds is 5. The lowest BCUT2D eigenvalue weighted by molar-refractivity contribution is -0.136. The zero-order chi connectivity index (χ0) is 13.7. The molecule has 0 aromatic carbocycles. The van der Waals surface area contributed by atoms with Crippen LogP contribution in [0.4, 0.5) is 9.93 Å². The van der Waals surface area contributed by atoms with Crippen molar-refractivity contribution in [2.24, 2.45) is 0 Å². The molecule has 0 fully saturated rings. The number of ether oxygens (including phenoxy) is 1. The number of anilines is 1. The summed E-state index contributed by atoms with van der Waals surface area (Å²) in [6.45, 7) is 0. The van der Waals surface area contributed by atoms with Crippen molar-refractivity contribution >= 4 is 63.3 Å². The molecule has 0 spiro atoms. The molecule has 0 aliphatic carbocycles. The third-order valence-electron chi connectivity index (χ3n) is 1.51. The van der Waals surface area contributed by atoms with Crippen molar-refractivity contribution in [3.05, 3.63) is 11.1 Å². The van der Waals surface area contributed by atoms with Crippen LogP contribution in [0.2, 0.25) is 0 Å². The van der Waals surface area contributed by atoms with Crippen LogP contribution in [0.25, 0.3) is 0 Å². The Balaban J connectivity index is 2.49. The standard InChI is InChI=1S/C8H7Cl3N2O4S/c9-5(10)6(11)17-8(16)13-7-12-3(2-18-7)1-4(14)15/h2,5-6H,1H2,(H,14,15)(H,12,13,16). The number of nitrogens with zero attached hydrogens (tertiary/aromatic N) is 1. The van der Waals surface area contributed by atoms with Gasteiger partial charge in [-0.15, -0.1) is 11.3 Å². The molecule has 0 aliphatic heterocycles. The van der Waals surface area contributed by atoms with E-state index in [-0.39, 0.29) is 11.6 Å². The molecule has 1 amide bonds. The number of alkyl halides is 3. The van der Waals surface area contributed by atoms with Crippen LogP contribution in [0.15, 0.2) is 5.38 Å². The highest BCUT2D eigenvalue weighted by molar-refractivity contribution is 7.13. The van der Waals surface area contributed by atoms with Crippen molar-refractivity contribution in [2.45, 2.75) is 16.8 Å². The Morgan fingerprint density at radius 2 is 2.17 bits per heavy atom. The molecule has 0 bridgehead atoms. The Labute approximate surface area is 121 Å². The Morgan fingerprint density at radius 3 is 2.72 bits per heavy atom. The molecule has 10 heteroatoms. The molecular formula is C8H7Cl3N2O4S. The Hall–Kier alpha value is -0.760. The molecule has 0 saturated carbocycles.